The molecule has 2 rings (SSSR count). The lowest BCUT2D eigenvalue weighted by molar-refractivity contribution is -0.126. The fourth-order valence-corrected chi connectivity index (χ4v) is 3.59. The number of nitrogen functional groups attached to an aromatic ring is 1. The Morgan fingerprint density at radius 3 is 2.55 bits per heavy atom. The number of halogens is 1. The normalized spacial score (nSPS) is 13.3. The number of nitrogens with two attached hydrogens (primary N) is 1. The van der Waals surface area contributed by atoms with Crippen LogP contribution in [0.4, 0.5) is 5.13 Å². The minimum atomic E-state index is -0.570. The van der Waals surface area contributed by atoms with E-state index >= 15 is 0 Å². The van der Waals surface area contributed by atoms with E-state index < -0.39 is 5.92 Å². The molecular weight excluding hydrogens is 410 g/mol. The SMILES string of the molecule is CC(C)N(C)[C@@H](C)C(=O)NC[C@H](C(=O)NCc1cnc(N)s1)c1cccc(Cl)c1. The third kappa shape index (κ3) is 6.69. The van der Waals surface area contributed by atoms with Gasteiger partial charge in [0.15, 0.2) is 5.13 Å². The Kier molecular flexibility index (Phi) is 8.43. The molecule has 2 aromatic rings. The summed E-state index contributed by atoms with van der Waals surface area (Å²) in [5, 5.41) is 6.79. The number of anilines is 1. The number of carbonyl (C=O) groups is 2. The Morgan fingerprint density at radius 1 is 1.24 bits per heavy atom. The molecule has 0 fully saturated rings. The van der Waals surface area contributed by atoms with Crippen LogP contribution in [0, 0.1) is 0 Å². The molecule has 1 aromatic carbocycles. The van der Waals surface area contributed by atoms with E-state index in [0.717, 1.165) is 10.4 Å². The lowest BCUT2D eigenvalue weighted by atomic mass is 9.97. The zero-order chi connectivity index (χ0) is 21.6. The summed E-state index contributed by atoms with van der Waals surface area (Å²) < 4.78 is 0. The van der Waals surface area contributed by atoms with Crippen LogP contribution in [0.1, 0.15) is 37.1 Å². The Bertz CT molecular complexity index is 842. The minimum absolute atomic E-state index is 0.128. The Balaban J connectivity index is 2.08. The molecule has 0 aliphatic rings. The highest BCUT2D eigenvalue weighted by Gasteiger charge is 2.25. The number of carbonyl (C=O) groups excluding carboxylic acids is 2. The first-order chi connectivity index (χ1) is 13.7. The van der Waals surface area contributed by atoms with Crippen molar-refractivity contribution in [2.75, 3.05) is 19.3 Å². The standard InChI is InChI=1S/C20H28ClN5O2S/c1-12(2)26(4)13(3)18(27)24-11-17(14-6-5-7-15(21)8-14)19(28)23-9-16-10-25-20(22)29-16/h5-8,10,12-13,17H,9,11H2,1-4H3,(H2,22,25)(H,23,28)(H,24,27)/t13-,17-/m0/s1. The maximum absolute atomic E-state index is 12.9. The van der Waals surface area contributed by atoms with E-state index in [-0.39, 0.29) is 30.4 Å². The second-order valence-corrected chi connectivity index (χ2v) is 8.75. The lowest BCUT2D eigenvalue weighted by Gasteiger charge is -2.28. The molecule has 4 N–H and O–H groups in total. The monoisotopic (exact) mass is 437 g/mol. The van der Waals surface area contributed by atoms with Gasteiger partial charge in [0, 0.05) is 28.7 Å². The summed E-state index contributed by atoms with van der Waals surface area (Å²) in [4.78, 5) is 32.3. The summed E-state index contributed by atoms with van der Waals surface area (Å²) in [6, 6.07) is 7.04. The highest BCUT2D eigenvalue weighted by Crippen LogP contribution is 2.21. The molecule has 0 saturated heterocycles. The molecule has 9 heteroatoms. The van der Waals surface area contributed by atoms with Crippen LogP contribution in [0.2, 0.25) is 5.02 Å². The van der Waals surface area contributed by atoms with Gasteiger partial charge in [0.25, 0.3) is 0 Å². The molecule has 2 amide bonds. The number of benzene rings is 1. The van der Waals surface area contributed by atoms with Crippen molar-refractivity contribution in [3.63, 3.8) is 0 Å². The average molecular weight is 438 g/mol. The number of likely N-dealkylation sites (N-methyl/N-ethyl adjacent to an activating group) is 1. The largest absolute Gasteiger partial charge is 0.375 e. The maximum atomic E-state index is 12.9. The van der Waals surface area contributed by atoms with E-state index in [1.54, 1.807) is 24.4 Å². The number of hydrogen-bond acceptors (Lipinski definition) is 6. The van der Waals surface area contributed by atoms with Gasteiger partial charge in [-0.15, -0.1) is 11.3 Å². The second kappa shape index (κ2) is 10.6. The van der Waals surface area contributed by atoms with Crippen molar-refractivity contribution < 1.29 is 9.59 Å². The Morgan fingerprint density at radius 2 is 1.97 bits per heavy atom. The van der Waals surface area contributed by atoms with Crippen molar-refractivity contribution in [1.29, 1.82) is 0 Å². The Labute approximate surface area is 180 Å². The second-order valence-electron chi connectivity index (χ2n) is 7.17. The number of rotatable bonds is 9. The number of hydrogen-bond donors (Lipinski definition) is 3. The molecule has 0 aliphatic heterocycles. The fourth-order valence-electron chi connectivity index (χ4n) is 2.77. The molecule has 0 bridgehead atoms. The summed E-state index contributed by atoms with van der Waals surface area (Å²) in [7, 11) is 1.90. The first-order valence-electron chi connectivity index (χ1n) is 9.42. The van der Waals surface area contributed by atoms with Crippen LogP contribution in [0.25, 0.3) is 0 Å². The molecule has 0 radical (unpaired) electrons. The van der Waals surface area contributed by atoms with Crippen LogP contribution in [-0.4, -0.2) is 47.4 Å². The van der Waals surface area contributed by atoms with Gasteiger partial charge >= 0.3 is 0 Å². The molecule has 0 saturated carbocycles. The summed E-state index contributed by atoms with van der Waals surface area (Å²) in [5.41, 5.74) is 6.38. The van der Waals surface area contributed by atoms with Gasteiger partial charge in [-0.3, -0.25) is 14.5 Å². The van der Waals surface area contributed by atoms with Crippen LogP contribution >= 0.6 is 22.9 Å². The van der Waals surface area contributed by atoms with E-state index in [2.05, 4.69) is 15.6 Å². The van der Waals surface area contributed by atoms with Crippen LogP contribution < -0.4 is 16.4 Å². The zero-order valence-corrected chi connectivity index (χ0v) is 18.7. The molecule has 0 spiro atoms. The van der Waals surface area contributed by atoms with Crippen molar-refractivity contribution in [2.24, 2.45) is 0 Å². The minimum Gasteiger partial charge on any atom is -0.375 e. The zero-order valence-electron chi connectivity index (χ0n) is 17.1. The van der Waals surface area contributed by atoms with Crippen LogP contribution in [0.5, 0.6) is 0 Å². The van der Waals surface area contributed by atoms with Gasteiger partial charge in [0.2, 0.25) is 11.8 Å². The number of aromatic nitrogens is 1. The van der Waals surface area contributed by atoms with Gasteiger partial charge in [-0.2, -0.15) is 0 Å². The molecule has 1 aromatic heterocycles. The summed E-state index contributed by atoms with van der Waals surface area (Å²) in [6.45, 7) is 6.39. The molecule has 29 heavy (non-hydrogen) atoms. The van der Waals surface area contributed by atoms with Crippen molar-refractivity contribution in [3.05, 3.63) is 45.9 Å². The van der Waals surface area contributed by atoms with Crippen LogP contribution in [-0.2, 0) is 16.1 Å². The predicted octanol–water partition coefficient (Wildman–Crippen LogP) is 2.62. The highest BCUT2D eigenvalue weighted by atomic mass is 35.5. The van der Waals surface area contributed by atoms with Gasteiger partial charge in [0.05, 0.1) is 18.5 Å². The molecule has 1 heterocycles. The molecule has 7 nitrogen and oxygen atoms in total. The van der Waals surface area contributed by atoms with Gasteiger partial charge in [-0.05, 0) is 45.5 Å². The number of amides is 2. The molecule has 0 unspecified atom stereocenters. The summed E-state index contributed by atoms with van der Waals surface area (Å²) in [6.07, 6.45) is 1.64. The maximum Gasteiger partial charge on any atom is 0.237 e. The summed E-state index contributed by atoms with van der Waals surface area (Å²) in [5.74, 6) is -0.903. The van der Waals surface area contributed by atoms with Gasteiger partial charge in [0.1, 0.15) is 0 Å². The van der Waals surface area contributed by atoms with Crippen LogP contribution in [0.3, 0.4) is 0 Å². The predicted molar refractivity (Wildman–Crippen MR) is 118 cm³/mol. The van der Waals surface area contributed by atoms with Gasteiger partial charge < -0.3 is 16.4 Å². The summed E-state index contributed by atoms with van der Waals surface area (Å²) >= 11 is 7.44. The van der Waals surface area contributed by atoms with E-state index in [1.165, 1.54) is 11.3 Å². The third-order valence-electron chi connectivity index (χ3n) is 4.86. The number of thiazole rings is 1. The van der Waals surface area contributed by atoms with Crippen molar-refractivity contribution in [1.82, 2.24) is 20.5 Å². The molecular formula is C20H28ClN5O2S. The Hall–Kier alpha value is -2.16. The van der Waals surface area contributed by atoms with E-state index in [9.17, 15) is 9.59 Å². The smallest absolute Gasteiger partial charge is 0.237 e. The van der Waals surface area contributed by atoms with E-state index in [4.69, 9.17) is 17.3 Å². The quantitative estimate of drug-likeness (QED) is 0.559. The van der Waals surface area contributed by atoms with Crippen molar-refractivity contribution in [2.45, 2.75) is 45.3 Å². The molecule has 0 aliphatic carbocycles. The van der Waals surface area contributed by atoms with Gasteiger partial charge in [-0.1, -0.05) is 23.7 Å². The molecule has 158 valence electrons. The first-order valence-corrected chi connectivity index (χ1v) is 10.6. The van der Waals surface area contributed by atoms with Crippen LogP contribution in [0.15, 0.2) is 30.5 Å². The van der Waals surface area contributed by atoms with E-state index in [1.807, 2.05) is 38.8 Å². The third-order valence-corrected chi connectivity index (χ3v) is 5.92. The first kappa shape index (κ1) is 23.1. The molecule has 2 atom stereocenters. The average Bonchev–Trinajstić information content (AvgIpc) is 3.10. The lowest BCUT2D eigenvalue weighted by Crippen LogP contribution is -2.47. The van der Waals surface area contributed by atoms with Crippen molar-refractivity contribution >= 4 is 39.9 Å². The topological polar surface area (TPSA) is 100 Å². The number of nitrogens with zero attached hydrogens (tertiary/aromatic N) is 2. The van der Waals surface area contributed by atoms with Gasteiger partial charge in [-0.25, -0.2) is 4.98 Å². The van der Waals surface area contributed by atoms with E-state index in [0.29, 0.717) is 16.7 Å². The highest BCUT2D eigenvalue weighted by molar-refractivity contribution is 7.15. The van der Waals surface area contributed by atoms with Crippen molar-refractivity contribution in [3.8, 4) is 0 Å². The fraction of sp³-hybridized carbons (Fsp3) is 0.450. The number of nitrogens with one attached hydrogen (secondary N) is 2.